The van der Waals surface area contributed by atoms with Gasteiger partial charge in [-0.25, -0.2) is 15.0 Å². The lowest BCUT2D eigenvalue weighted by Gasteiger charge is -2.29. The summed E-state index contributed by atoms with van der Waals surface area (Å²) < 4.78 is 6.05. The SMILES string of the molecule is Cc1nc2c3c(nc(C)c(C)c3n1)OC[C@@H]1CC=CCCN21. The molecule has 0 saturated carbocycles. The summed E-state index contributed by atoms with van der Waals surface area (Å²) in [7, 11) is 0. The summed E-state index contributed by atoms with van der Waals surface area (Å²) in [6, 6.07) is 0.311. The van der Waals surface area contributed by atoms with Crippen molar-refractivity contribution < 1.29 is 4.74 Å². The molecule has 4 rings (SSSR count). The van der Waals surface area contributed by atoms with Crippen LogP contribution < -0.4 is 9.64 Å². The zero-order valence-electron chi connectivity index (χ0n) is 13.3. The molecule has 2 aromatic heterocycles. The second-order valence-electron chi connectivity index (χ2n) is 6.10. The van der Waals surface area contributed by atoms with Gasteiger partial charge in [-0.05, 0) is 39.2 Å². The van der Waals surface area contributed by atoms with Crippen molar-refractivity contribution in [2.75, 3.05) is 18.1 Å². The molecule has 1 atom stereocenters. The third kappa shape index (κ3) is 1.95. The van der Waals surface area contributed by atoms with Gasteiger partial charge in [0.15, 0.2) is 0 Å². The van der Waals surface area contributed by atoms with E-state index in [0.29, 0.717) is 18.5 Å². The Kier molecular flexibility index (Phi) is 3.03. The topological polar surface area (TPSA) is 51.1 Å². The largest absolute Gasteiger partial charge is 0.475 e. The molecule has 0 amide bonds. The standard InChI is InChI=1S/C17H20N4O/c1-10-11(2)18-17-14-15(10)19-12(3)20-16(14)21-8-6-4-5-7-13(21)9-22-17/h4-5,13H,6-9H2,1-3H3/t13-/m0/s1. The molecule has 5 heteroatoms. The number of pyridine rings is 1. The molecule has 2 aliphatic rings. The van der Waals surface area contributed by atoms with Crippen LogP contribution in [0.3, 0.4) is 0 Å². The van der Waals surface area contributed by atoms with Crippen LogP contribution in [-0.2, 0) is 0 Å². The van der Waals surface area contributed by atoms with Crippen LogP contribution in [0.4, 0.5) is 5.82 Å². The van der Waals surface area contributed by atoms with Gasteiger partial charge in [-0.15, -0.1) is 0 Å². The van der Waals surface area contributed by atoms with Gasteiger partial charge in [0.2, 0.25) is 5.88 Å². The molecule has 0 N–H and O–H groups in total. The summed E-state index contributed by atoms with van der Waals surface area (Å²) in [4.78, 5) is 16.5. The van der Waals surface area contributed by atoms with E-state index >= 15 is 0 Å². The Morgan fingerprint density at radius 2 is 2.00 bits per heavy atom. The third-order valence-electron chi connectivity index (χ3n) is 4.62. The van der Waals surface area contributed by atoms with Crippen molar-refractivity contribution in [3.8, 4) is 5.88 Å². The van der Waals surface area contributed by atoms with Crippen molar-refractivity contribution in [2.45, 2.75) is 39.7 Å². The molecule has 2 aromatic rings. The average molecular weight is 296 g/mol. The maximum atomic E-state index is 6.05. The highest BCUT2D eigenvalue weighted by molar-refractivity contribution is 5.96. The lowest BCUT2D eigenvalue weighted by Crippen LogP contribution is -2.38. The average Bonchev–Trinajstić information content (AvgIpc) is 2.80. The minimum Gasteiger partial charge on any atom is -0.475 e. The Morgan fingerprint density at radius 3 is 2.86 bits per heavy atom. The second kappa shape index (κ2) is 4.93. The number of rotatable bonds is 0. The molecular weight excluding hydrogens is 276 g/mol. The highest BCUT2D eigenvalue weighted by atomic mass is 16.5. The van der Waals surface area contributed by atoms with E-state index in [1.807, 2.05) is 13.8 Å². The van der Waals surface area contributed by atoms with E-state index in [1.165, 1.54) is 0 Å². The van der Waals surface area contributed by atoms with Crippen molar-refractivity contribution in [3.05, 3.63) is 29.2 Å². The highest BCUT2D eigenvalue weighted by Crippen LogP contribution is 2.38. The molecule has 0 aromatic carbocycles. The summed E-state index contributed by atoms with van der Waals surface area (Å²) in [6.45, 7) is 7.65. The summed E-state index contributed by atoms with van der Waals surface area (Å²) >= 11 is 0. The molecular formula is C17H20N4O. The fourth-order valence-corrected chi connectivity index (χ4v) is 3.31. The van der Waals surface area contributed by atoms with Crippen molar-refractivity contribution in [1.29, 1.82) is 0 Å². The molecule has 0 bridgehead atoms. The zero-order chi connectivity index (χ0) is 15.3. The highest BCUT2D eigenvalue weighted by Gasteiger charge is 2.30. The number of fused-ring (bicyclic) bond motifs is 2. The first-order valence-electron chi connectivity index (χ1n) is 7.85. The molecule has 22 heavy (non-hydrogen) atoms. The van der Waals surface area contributed by atoms with E-state index in [4.69, 9.17) is 9.72 Å². The van der Waals surface area contributed by atoms with E-state index in [1.54, 1.807) is 0 Å². The first-order chi connectivity index (χ1) is 10.6. The first kappa shape index (κ1) is 13.5. The van der Waals surface area contributed by atoms with Crippen LogP contribution in [0.2, 0.25) is 0 Å². The van der Waals surface area contributed by atoms with Gasteiger partial charge in [0, 0.05) is 12.2 Å². The van der Waals surface area contributed by atoms with Crippen molar-refractivity contribution >= 4 is 16.7 Å². The molecule has 0 radical (unpaired) electrons. The number of hydrogen-bond acceptors (Lipinski definition) is 5. The Morgan fingerprint density at radius 1 is 1.14 bits per heavy atom. The van der Waals surface area contributed by atoms with E-state index in [9.17, 15) is 0 Å². The third-order valence-corrected chi connectivity index (χ3v) is 4.62. The Bertz CT molecular complexity index is 784. The number of nitrogens with zero attached hydrogens (tertiary/aromatic N) is 4. The van der Waals surface area contributed by atoms with Crippen LogP contribution in [0, 0.1) is 20.8 Å². The Hall–Kier alpha value is -2.17. The molecule has 0 aliphatic carbocycles. The quantitative estimate of drug-likeness (QED) is 0.700. The minimum absolute atomic E-state index is 0.311. The predicted molar refractivity (Wildman–Crippen MR) is 86.5 cm³/mol. The first-order valence-corrected chi connectivity index (χ1v) is 7.85. The molecule has 0 unspecified atom stereocenters. The fourth-order valence-electron chi connectivity index (χ4n) is 3.31. The number of ether oxygens (including phenoxy) is 1. The van der Waals surface area contributed by atoms with E-state index < -0.39 is 0 Å². The predicted octanol–water partition coefficient (Wildman–Crippen LogP) is 2.87. The summed E-state index contributed by atoms with van der Waals surface area (Å²) in [5.74, 6) is 2.48. The minimum atomic E-state index is 0.311. The lowest BCUT2D eigenvalue weighted by atomic mass is 10.1. The molecule has 0 spiro atoms. The summed E-state index contributed by atoms with van der Waals surface area (Å²) in [6.07, 6.45) is 6.52. The fraction of sp³-hybridized carbons (Fsp3) is 0.471. The molecule has 0 saturated heterocycles. The molecule has 0 fully saturated rings. The van der Waals surface area contributed by atoms with Gasteiger partial charge in [0.05, 0.1) is 11.6 Å². The van der Waals surface area contributed by atoms with Crippen LogP contribution >= 0.6 is 0 Å². The zero-order valence-corrected chi connectivity index (χ0v) is 13.3. The molecule has 2 aliphatic heterocycles. The van der Waals surface area contributed by atoms with Crippen LogP contribution in [0.25, 0.3) is 10.9 Å². The summed E-state index contributed by atoms with van der Waals surface area (Å²) in [5.41, 5.74) is 3.06. The number of aryl methyl sites for hydroxylation is 3. The normalized spacial score (nSPS) is 20.3. The van der Waals surface area contributed by atoms with Crippen molar-refractivity contribution in [2.24, 2.45) is 0 Å². The second-order valence-corrected chi connectivity index (χ2v) is 6.10. The summed E-state index contributed by atoms with van der Waals surface area (Å²) in [5, 5.41) is 0.970. The maximum Gasteiger partial charge on any atom is 0.227 e. The Balaban J connectivity index is 2.03. The smallest absolute Gasteiger partial charge is 0.227 e. The van der Waals surface area contributed by atoms with Gasteiger partial charge in [-0.1, -0.05) is 12.2 Å². The number of anilines is 1. The van der Waals surface area contributed by atoms with Gasteiger partial charge in [-0.2, -0.15) is 0 Å². The monoisotopic (exact) mass is 296 g/mol. The van der Waals surface area contributed by atoms with E-state index in [-0.39, 0.29) is 0 Å². The number of hydrogen-bond donors (Lipinski definition) is 0. The molecule has 4 heterocycles. The maximum absolute atomic E-state index is 6.05. The van der Waals surface area contributed by atoms with Crippen LogP contribution in [0.5, 0.6) is 5.88 Å². The molecule has 5 nitrogen and oxygen atoms in total. The Labute approximate surface area is 130 Å². The van der Waals surface area contributed by atoms with Gasteiger partial charge in [-0.3, -0.25) is 0 Å². The van der Waals surface area contributed by atoms with Crippen molar-refractivity contribution in [1.82, 2.24) is 15.0 Å². The van der Waals surface area contributed by atoms with Crippen molar-refractivity contribution in [3.63, 3.8) is 0 Å². The van der Waals surface area contributed by atoms with Gasteiger partial charge < -0.3 is 9.64 Å². The van der Waals surface area contributed by atoms with Crippen LogP contribution in [-0.4, -0.2) is 34.1 Å². The lowest BCUT2D eigenvalue weighted by molar-refractivity contribution is 0.280. The van der Waals surface area contributed by atoms with E-state index in [2.05, 4.69) is 33.9 Å². The van der Waals surface area contributed by atoms with Crippen LogP contribution in [0.1, 0.15) is 29.9 Å². The molecule has 114 valence electrons. The van der Waals surface area contributed by atoms with E-state index in [0.717, 1.165) is 53.2 Å². The van der Waals surface area contributed by atoms with Gasteiger partial charge >= 0.3 is 0 Å². The number of aromatic nitrogens is 3. The van der Waals surface area contributed by atoms with Gasteiger partial charge in [0.25, 0.3) is 0 Å². The van der Waals surface area contributed by atoms with Crippen LogP contribution in [0.15, 0.2) is 12.2 Å². The van der Waals surface area contributed by atoms with Gasteiger partial charge in [0.1, 0.15) is 23.6 Å².